The molecule has 1 saturated heterocycles. The third kappa shape index (κ3) is 2.29. The second-order valence-corrected chi connectivity index (χ2v) is 5.68. The van der Waals surface area contributed by atoms with Crippen molar-refractivity contribution < 1.29 is 19.1 Å². The molecule has 0 aromatic heterocycles. The van der Waals surface area contributed by atoms with E-state index in [9.17, 15) is 9.59 Å². The zero-order valence-corrected chi connectivity index (χ0v) is 11.4. The number of hydrogen-bond acceptors (Lipinski definition) is 4. The van der Waals surface area contributed by atoms with Crippen LogP contribution in [0.15, 0.2) is 0 Å². The van der Waals surface area contributed by atoms with Crippen LogP contribution in [0.5, 0.6) is 0 Å². The number of carbonyl (C=O) groups excluding carboxylic acids is 2. The molecule has 1 rings (SSSR count). The molecule has 0 aliphatic carbocycles. The molecule has 1 amide bonds. The van der Waals surface area contributed by atoms with Crippen LogP contribution in [0.4, 0.5) is 0 Å². The van der Waals surface area contributed by atoms with Gasteiger partial charge in [-0.1, -0.05) is 20.8 Å². The summed E-state index contributed by atoms with van der Waals surface area (Å²) >= 11 is 0. The first kappa shape index (κ1) is 14.0. The summed E-state index contributed by atoms with van der Waals surface area (Å²) in [7, 11) is 1.32. The number of nitrogens with zero attached hydrogens (tertiary/aromatic N) is 1. The van der Waals surface area contributed by atoms with Crippen LogP contribution in [0.25, 0.3) is 0 Å². The highest BCUT2D eigenvalue weighted by Gasteiger charge is 2.54. The maximum Gasteiger partial charge on any atom is 0.334 e. The molecular formula is C12H21NO4. The lowest BCUT2D eigenvalue weighted by Crippen LogP contribution is -2.57. The summed E-state index contributed by atoms with van der Waals surface area (Å²) in [6.45, 7) is 9.19. The van der Waals surface area contributed by atoms with Crippen LogP contribution >= 0.6 is 0 Å². The highest BCUT2D eigenvalue weighted by Crippen LogP contribution is 2.37. The Labute approximate surface area is 102 Å². The van der Waals surface area contributed by atoms with Crippen molar-refractivity contribution in [1.29, 1.82) is 0 Å². The molecule has 1 aliphatic rings. The molecule has 98 valence electrons. The van der Waals surface area contributed by atoms with E-state index in [1.54, 1.807) is 6.92 Å². The fourth-order valence-corrected chi connectivity index (χ4v) is 2.17. The van der Waals surface area contributed by atoms with Gasteiger partial charge in [0.05, 0.1) is 13.7 Å². The quantitative estimate of drug-likeness (QED) is 0.649. The van der Waals surface area contributed by atoms with Gasteiger partial charge in [0.25, 0.3) is 0 Å². The summed E-state index contributed by atoms with van der Waals surface area (Å²) in [5, 5.41) is 0. The molecule has 0 bridgehead atoms. The summed E-state index contributed by atoms with van der Waals surface area (Å²) in [6, 6.07) is 0. The molecule has 5 heteroatoms. The van der Waals surface area contributed by atoms with Crippen LogP contribution in [0.1, 0.15) is 34.6 Å². The van der Waals surface area contributed by atoms with Gasteiger partial charge in [-0.3, -0.25) is 9.69 Å². The van der Waals surface area contributed by atoms with Gasteiger partial charge in [0, 0.05) is 12.3 Å². The molecule has 2 unspecified atom stereocenters. The van der Waals surface area contributed by atoms with E-state index in [4.69, 9.17) is 9.47 Å². The first-order valence-electron chi connectivity index (χ1n) is 5.64. The lowest BCUT2D eigenvalue weighted by atomic mass is 9.91. The third-order valence-corrected chi connectivity index (χ3v) is 2.99. The third-order valence-electron chi connectivity index (χ3n) is 2.99. The minimum atomic E-state index is -1.03. The van der Waals surface area contributed by atoms with Crippen molar-refractivity contribution in [3.63, 3.8) is 0 Å². The number of carbonyl (C=O) groups is 2. The van der Waals surface area contributed by atoms with Crippen LogP contribution in [-0.4, -0.2) is 42.3 Å². The first-order chi connectivity index (χ1) is 7.64. The van der Waals surface area contributed by atoms with E-state index in [0.717, 1.165) is 0 Å². The van der Waals surface area contributed by atoms with Gasteiger partial charge in [-0.15, -0.1) is 0 Å². The molecule has 0 radical (unpaired) electrons. The van der Waals surface area contributed by atoms with Crippen LogP contribution in [0.3, 0.4) is 0 Å². The number of esters is 1. The average molecular weight is 243 g/mol. The number of ether oxygens (including phenoxy) is 2. The summed E-state index contributed by atoms with van der Waals surface area (Å²) < 4.78 is 10.4. The smallest absolute Gasteiger partial charge is 0.334 e. The van der Waals surface area contributed by atoms with Gasteiger partial charge in [-0.25, -0.2) is 4.79 Å². The number of amides is 1. The van der Waals surface area contributed by atoms with Gasteiger partial charge >= 0.3 is 5.97 Å². The van der Waals surface area contributed by atoms with E-state index in [1.807, 2.05) is 20.8 Å². The lowest BCUT2D eigenvalue weighted by Gasteiger charge is -2.38. The van der Waals surface area contributed by atoms with E-state index >= 15 is 0 Å². The molecular weight excluding hydrogens is 222 g/mol. The normalized spacial score (nSPS) is 29.3. The Kier molecular flexibility index (Phi) is 3.52. The van der Waals surface area contributed by atoms with Crippen LogP contribution < -0.4 is 0 Å². The van der Waals surface area contributed by atoms with E-state index in [0.29, 0.717) is 0 Å². The van der Waals surface area contributed by atoms with Crippen LogP contribution in [-0.2, 0) is 19.1 Å². The zero-order chi connectivity index (χ0) is 13.4. The SMILES string of the molecule is COC(=O)C1(C)COC(C(C)(C)C)N1C(C)=O. The van der Waals surface area contributed by atoms with Gasteiger partial charge < -0.3 is 9.47 Å². The average Bonchev–Trinajstić information content (AvgIpc) is 2.55. The Hall–Kier alpha value is -1.10. The molecule has 0 aromatic rings. The monoisotopic (exact) mass is 243 g/mol. The van der Waals surface area contributed by atoms with E-state index in [2.05, 4.69) is 0 Å². The maximum atomic E-state index is 11.8. The largest absolute Gasteiger partial charge is 0.467 e. The molecule has 1 fully saturated rings. The molecule has 0 N–H and O–H groups in total. The Balaban J connectivity index is 3.13. The fourth-order valence-electron chi connectivity index (χ4n) is 2.17. The first-order valence-corrected chi connectivity index (χ1v) is 5.64. The standard InChI is InChI=1S/C12H21NO4/c1-8(14)13-9(11(2,3)4)17-7-12(13,5)10(15)16-6/h9H,7H2,1-6H3. The van der Waals surface area contributed by atoms with Crippen molar-refractivity contribution in [2.75, 3.05) is 13.7 Å². The van der Waals surface area contributed by atoms with Crippen molar-refractivity contribution in [2.24, 2.45) is 5.41 Å². The molecule has 1 heterocycles. The van der Waals surface area contributed by atoms with Crippen molar-refractivity contribution in [3.8, 4) is 0 Å². The van der Waals surface area contributed by atoms with E-state index in [1.165, 1.54) is 18.9 Å². The van der Waals surface area contributed by atoms with E-state index < -0.39 is 17.7 Å². The van der Waals surface area contributed by atoms with Gasteiger partial charge in [0.15, 0.2) is 5.54 Å². The minimum Gasteiger partial charge on any atom is -0.467 e. The molecule has 2 atom stereocenters. The van der Waals surface area contributed by atoms with Gasteiger partial charge in [0.1, 0.15) is 6.23 Å². The zero-order valence-electron chi connectivity index (χ0n) is 11.4. The molecule has 0 saturated carbocycles. The van der Waals surface area contributed by atoms with E-state index in [-0.39, 0.29) is 17.9 Å². The van der Waals surface area contributed by atoms with Gasteiger partial charge in [-0.05, 0) is 6.92 Å². The van der Waals surface area contributed by atoms with Crippen molar-refractivity contribution >= 4 is 11.9 Å². The molecule has 17 heavy (non-hydrogen) atoms. The molecule has 1 aliphatic heterocycles. The number of rotatable bonds is 1. The van der Waals surface area contributed by atoms with Crippen molar-refractivity contribution in [2.45, 2.75) is 46.4 Å². The Bertz CT molecular complexity index is 334. The summed E-state index contributed by atoms with van der Waals surface area (Å²) in [5.41, 5.74) is -1.28. The predicted molar refractivity (Wildman–Crippen MR) is 62.1 cm³/mol. The van der Waals surface area contributed by atoms with Crippen molar-refractivity contribution in [1.82, 2.24) is 4.90 Å². The number of hydrogen-bond donors (Lipinski definition) is 0. The van der Waals surface area contributed by atoms with Crippen LogP contribution in [0, 0.1) is 5.41 Å². The van der Waals surface area contributed by atoms with Gasteiger partial charge in [-0.2, -0.15) is 0 Å². The number of methoxy groups -OCH3 is 1. The topological polar surface area (TPSA) is 55.8 Å². The highest BCUT2D eigenvalue weighted by molar-refractivity contribution is 5.87. The lowest BCUT2D eigenvalue weighted by molar-refractivity contribution is -0.161. The highest BCUT2D eigenvalue weighted by atomic mass is 16.5. The maximum absolute atomic E-state index is 11.8. The Morgan fingerprint density at radius 1 is 1.41 bits per heavy atom. The molecule has 5 nitrogen and oxygen atoms in total. The Morgan fingerprint density at radius 3 is 2.29 bits per heavy atom. The molecule has 0 spiro atoms. The van der Waals surface area contributed by atoms with Crippen molar-refractivity contribution in [3.05, 3.63) is 0 Å². The fraction of sp³-hybridized carbons (Fsp3) is 0.833. The second kappa shape index (κ2) is 4.29. The summed E-state index contributed by atoms with van der Waals surface area (Å²) in [4.78, 5) is 25.1. The minimum absolute atomic E-state index is 0.168. The second-order valence-electron chi connectivity index (χ2n) is 5.68. The van der Waals surface area contributed by atoms with Crippen LogP contribution in [0.2, 0.25) is 0 Å². The Morgan fingerprint density at radius 2 is 1.94 bits per heavy atom. The molecule has 0 aromatic carbocycles. The van der Waals surface area contributed by atoms with Gasteiger partial charge in [0.2, 0.25) is 5.91 Å². The predicted octanol–water partition coefficient (Wildman–Crippen LogP) is 1.17. The summed E-state index contributed by atoms with van der Waals surface area (Å²) in [5.74, 6) is -0.630. The summed E-state index contributed by atoms with van der Waals surface area (Å²) in [6.07, 6.45) is -0.413.